The highest BCUT2D eigenvalue weighted by Crippen LogP contribution is 2.32. The Kier molecular flexibility index (Phi) is 5.77. The Hall–Kier alpha value is -3.99. The zero-order chi connectivity index (χ0) is 19.9. The molecular weight excluding hydrogens is 364 g/mol. The van der Waals surface area contributed by atoms with Crippen LogP contribution in [0.5, 0.6) is 17.2 Å². The van der Waals surface area contributed by atoms with Gasteiger partial charge in [-0.1, -0.05) is 18.2 Å². The first-order valence-corrected chi connectivity index (χ1v) is 8.33. The smallest absolute Gasteiger partial charge is 0.341 e. The van der Waals surface area contributed by atoms with Crippen molar-refractivity contribution in [2.24, 2.45) is 0 Å². The minimum atomic E-state index is -1.13. The van der Waals surface area contributed by atoms with Gasteiger partial charge in [0.25, 0.3) is 5.91 Å². The lowest BCUT2D eigenvalue weighted by Crippen LogP contribution is -2.17. The lowest BCUT2D eigenvalue weighted by atomic mass is 10.1. The third kappa shape index (κ3) is 4.59. The van der Waals surface area contributed by atoms with Gasteiger partial charge in [-0.2, -0.15) is 5.26 Å². The topological polar surface area (TPSA) is 118 Å². The van der Waals surface area contributed by atoms with Crippen molar-refractivity contribution in [1.82, 2.24) is 0 Å². The molecule has 0 spiro atoms. The molecule has 3 rings (SSSR count). The number of carbonyl (C=O) groups excluding carboxylic acids is 1. The molecule has 0 bridgehead atoms. The van der Waals surface area contributed by atoms with Gasteiger partial charge in [0.05, 0.1) is 0 Å². The molecule has 1 amide bonds. The van der Waals surface area contributed by atoms with Crippen LogP contribution in [0, 0.1) is 11.3 Å². The second-order valence-electron chi connectivity index (χ2n) is 5.70. The molecular formula is C20H16N2O6. The van der Waals surface area contributed by atoms with Crippen molar-refractivity contribution >= 4 is 23.6 Å². The molecule has 8 nitrogen and oxygen atoms in total. The Bertz CT molecular complexity index is 977. The highest BCUT2D eigenvalue weighted by Gasteiger charge is 2.15. The van der Waals surface area contributed by atoms with Crippen LogP contribution in [0.1, 0.15) is 5.56 Å². The summed E-state index contributed by atoms with van der Waals surface area (Å²) in [4.78, 5) is 23.2. The average molecular weight is 380 g/mol. The van der Waals surface area contributed by atoms with E-state index in [1.54, 1.807) is 42.5 Å². The van der Waals surface area contributed by atoms with Crippen molar-refractivity contribution in [3.05, 3.63) is 53.6 Å². The number of carboxylic acid groups (broad SMARTS) is 1. The van der Waals surface area contributed by atoms with E-state index in [9.17, 15) is 14.9 Å². The van der Waals surface area contributed by atoms with Crippen LogP contribution in [0.4, 0.5) is 5.69 Å². The summed E-state index contributed by atoms with van der Waals surface area (Å²) in [6.07, 6.45) is 1.34. The van der Waals surface area contributed by atoms with E-state index in [2.05, 4.69) is 5.32 Å². The number of hydrogen-bond acceptors (Lipinski definition) is 6. The molecule has 1 aliphatic rings. The number of aliphatic carboxylic acids is 1. The van der Waals surface area contributed by atoms with E-state index in [1.165, 1.54) is 6.08 Å². The van der Waals surface area contributed by atoms with Crippen molar-refractivity contribution in [2.75, 3.05) is 25.1 Å². The van der Waals surface area contributed by atoms with E-state index < -0.39 is 18.5 Å². The number of carboxylic acids is 1. The third-order valence-electron chi connectivity index (χ3n) is 3.74. The first kappa shape index (κ1) is 18.8. The lowest BCUT2D eigenvalue weighted by molar-refractivity contribution is -0.139. The van der Waals surface area contributed by atoms with E-state index in [1.807, 2.05) is 6.07 Å². The maximum atomic E-state index is 12.5. The van der Waals surface area contributed by atoms with E-state index in [-0.39, 0.29) is 11.3 Å². The van der Waals surface area contributed by atoms with Gasteiger partial charge in [0.15, 0.2) is 18.1 Å². The molecule has 0 aromatic heterocycles. The van der Waals surface area contributed by atoms with Gasteiger partial charge in [0, 0.05) is 17.3 Å². The highest BCUT2D eigenvalue weighted by atomic mass is 16.6. The average Bonchev–Trinajstić information content (AvgIpc) is 2.71. The van der Waals surface area contributed by atoms with Crippen molar-refractivity contribution in [3.8, 4) is 23.3 Å². The van der Waals surface area contributed by atoms with E-state index in [0.717, 1.165) is 0 Å². The lowest BCUT2D eigenvalue weighted by Gasteiger charge is -2.18. The van der Waals surface area contributed by atoms with Crippen LogP contribution in [0.2, 0.25) is 0 Å². The van der Waals surface area contributed by atoms with Gasteiger partial charge in [-0.05, 0) is 24.3 Å². The molecule has 0 saturated heterocycles. The normalized spacial score (nSPS) is 12.6. The van der Waals surface area contributed by atoms with Crippen LogP contribution in [0.25, 0.3) is 6.08 Å². The molecule has 1 heterocycles. The second kappa shape index (κ2) is 8.60. The quantitative estimate of drug-likeness (QED) is 0.584. The first-order valence-electron chi connectivity index (χ1n) is 8.33. The number of fused-ring (bicyclic) bond motifs is 1. The van der Waals surface area contributed by atoms with Gasteiger partial charge in [0.2, 0.25) is 0 Å². The monoisotopic (exact) mass is 380 g/mol. The number of nitriles is 1. The number of anilines is 1. The number of ether oxygens (including phenoxy) is 3. The molecule has 28 heavy (non-hydrogen) atoms. The minimum absolute atomic E-state index is 0.165. The summed E-state index contributed by atoms with van der Waals surface area (Å²) in [5, 5.41) is 20.8. The summed E-state index contributed by atoms with van der Waals surface area (Å²) in [6, 6.07) is 13.3. The number of rotatable bonds is 6. The van der Waals surface area contributed by atoms with Crippen LogP contribution in [-0.2, 0) is 9.59 Å². The molecule has 0 unspecified atom stereocenters. The molecule has 1 aliphatic heterocycles. The van der Waals surface area contributed by atoms with E-state index in [0.29, 0.717) is 36.0 Å². The molecule has 2 aromatic carbocycles. The first-order chi connectivity index (χ1) is 13.6. The largest absolute Gasteiger partial charge is 0.486 e. The summed E-state index contributed by atoms with van der Waals surface area (Å²) < 4.78 is 16.1. The number of carbonyl (C=O) groups is 2. The Morgan fingerprint density at radius 2 is 1.93 bits per heavy atom. The molecule has 0 fully saturated rings. The summed E-state index contributed by atoms with van der Waals surface area (Å²) in [7, 11) is 0. The standard InChI is InChI=1S/C20H16N2O6/c21-11-14(9-13-3-1-2-4-16(13)28-12-19(23)24)20(25)22-15-5-6-17-18(10-15)27-8-7-26-17/h1-6,9-10H,7-8,12H2,(H,22,25)(H,23,24). The van der Waals surface area contributed by atoms with Crippen LogP contribution in [0.3, 0.4) is 0 Å². The Labute approximate surface area is 160 Å². The maximum absolute atomic E-state index is 12.5. The van der Waals surface area contributed by atoms with Gasteiger partial charge in [0.1, 0.15) is 30.6 Å². The number of nitrogens with zero attached hydrogens (tertiary/aromatic N) is 1. The molecule has 142 valence electrons. The summed E-state index contributed by atoms with van der Waals surface area (Å²) >= 11 is 0. The van der Waals surface area contributed by atoms with Gasteiger partial charge in [-0.15, -0.1) is 0 Å². The Balaban J connectivity index is 1.79. The molecule has 0 atom stereocenters. The predicted molar refractivity (Wildman–Crippen MR) is 99.2 cm³/mol. The molecule has 2 aromatic rings. The fraction of sp³-hybridized carbons (Fsp3) is 0.150. The van der Waals surface area contributed by atoms with Crippen LogP contribution < -0.4 is 19.5 Å². The SMILES string of the molecule is N#CC(=Cc1ccccc1OCC(=O)O)C(=O)Nc1ccc2c(c1)OCCO2. The fourth-order valence-electron chi connectivity index (χ4n) is 2.49. The number of hydrogen-bond donors (Lipinski definition) is 2. The molecule has 8 heteroatoms. The van der Waals surface area contributed by atoms with Gasteiger partial charge in [-0.25, -0.2) is 4.79 Å². The summed E-state index contributed by atoms with van der Waals surface area (Å²) in [6.45, 7) is 0.348. The maximum Gasteiger partial charge on any atom is 0.341 e. The minimum Gasteiger partial charge on any atom is -0.486 e. The van der Waals surface area contributed by atoms with E-state index >= 15 is 0 Å². The Morgan fingerprint density at radius 1 is 1.18 bits per heavy atom. The Morgan fingerprint density at radius 3 is 2.68 bits per heavy atom. The summed E-state index contributed by atoms with van der Waals surface area (Å²) in [5.74, 6) is -0.392. The van der Waals surface area contributed by atoms with Gasteiger partial charge in [-0.3, -0.25) is 4.79 Å². The van der Waals surface area contributed by atoms with Gasteiger partial charge >= 0.3 is 5.97 Å². The molecule has 2 N–H and O–H groups in total. The second-order valence-corrected chi connectivity index (χ2v) is 5.70. The van der Waals surface area contributed by atoms with Crippen molar-refractivity contribution in [1.29, 1.82) is 5.26 Å². The van der Waals surface area contributed by atoms with Crippen LogP contribution in [0.15, 0.2) is 48.0 Å². The third-order valence-corrected chi connectivity index (χ3v) is 3.74. The zero-order valence-corrected chi connectivity index (χ0v) is 14.7. The van der Waals surface area contributed by atoms with E-state index in [4.69, 9.17) is 19.3 Å². The van der Waals surface area contributed by atoms with Crippen molar-refractivity contribution < 1.29 is 28.9 Å². The number of benzene rings is 2. The van der Waals surface area contributed by atoms with Gasteiger partial charge < -0.3 is 24.6 Å². The highest BCUT2D eigenvalue weighted by molar-refractivity contribution is 6.10. The molecule has 0 saturated carbocycles. The van der Waals surface area contributed by atoms with Crippen molar-refractivity contribution in [3.63, 3.8) is 0 Å². The van der Waals surface area contributed by atoms with Crippen LogP contribution in [-0.4, -0.2) is 36.8 Å². The molecule has 0 aliphatic carbocycles. The zero-order valence-electron chi connectivity index (χ0n) is 14.7. The van der Waals surface area contributed by atoms with Crippen LogP contribution >= 0.6 is 0 Å². The number of nitrogens with one attached hydrogen (secondary N) is 1. The molecule has 0 radical (unpaired) electrons. The van der Waals surface area contributed by atoms with Crippen molar-refractivity contribution in [2.45, 2.75) is 0 Å². The fourth-order valence-corrected chi connectivity index (χ4v) is 2.49. The predicted octanol–water partition coefficient (Wildman–Crippen LogP) is 2.47. The number of para-hydroxylation sites is 1. The number of amides is 1. The summed E-state index contributed by atoms with van der Waals surface area (Å²) in [5.41, 5.74) is 0.699.